The molecule has 5 heteroatoms. The molecule has 36 heavy (non-hydrogen) atoms. The molecular formula is C31H50N4O. The lowest BCUT2D eigenvalue weighted by molar-refractivity contribution is -0.133. The molecule has 5 aliphatic rings. The lowest BCUT2D eigenvalue weighted by Crippen LogP contribution is -2.54. The van der Waals surface area contributed by atoms with E-state index in [9.17, 15) is 4.79 Å². The molecule has 0 bridgehead atoms. The molecule has 1 aromatic carbocycles. The zero-order chi connectivity index (χ0) is 24.8. The van der Waals surface area contributed by atoms with Crippen molar-refractivity contribution < 1.29 is 4.79 Å². The fraction of sp³-hybridized carbons (Fsp3) is 0.774. The van der Waals surface area contributed by atoms with Gasteiger partial charge in [0.1, 0.15) is 0 Å². The summed E-state index contributed by atoms with van der Waals surface area (Å²) in [6.07, 6.45) is 16.8. The Labute approximate surface area is 220 Å². The lowest BCUT2D eigenvalue weighted by atomic mass is 9.71. The fourth-order valence-corrected chi connectivity index (χ4v) is 7.40. The topological polar surface area (TPSA) is 38.8 Å². The van der Waals surface area contributed by atoms with Crippen LogP contribution in [0.15, 0.2) is 18.2 Å². The van der Waals surface area contributed by atoms with E-state index < -0.39 is 0 Å². The maximum absolute atomic E-state index is 13.8. The van der Waals surface area contributed by atoms with Crippen LogP contribution in [0.2, 0.25) is 0 Å². The molecule has 6 rings (SSSR count). The summed E-state index contributed by atoms with van der Waals surface area (Å²) >= 11 is 0. The normalized spacial score (nSPS) is 25.3. The van der Waals surface area contributed by atoms with E-state index in [2.05, 4.69) is 45.1 Å². The summed E-state index contributed by atoms with van der Waals surface area (Å²) in [6.45, 7) is 11.4. The second-order valence-electron chi connectivity index (χ2n) is 12.3. The van der Waals surface area contributed by atoms with E-state index in [-0.39, 0.29) is 5.41 Å². The zero-order valence-corrected chi connectivity index (χ0v) is 22.9. The van der Waals surface area contributed by atoms with Gasteiger partial charge in [0.05, 0.1) is 5.41 Å². The molecule has 1 aliphatic carbocycles. The summed E-state index contributed by atoms with van der Waals surface area (Å²) in [7, 11) is 0. The minimum absolute atomic E-state index is 0.110. The first-order valence-electron chi connectivity index (χ1n) is 15.3. The number of hydrogen-bond acceptors (Lipinski definition) is 4. The third-order valence-electron chi connectivity index (χ3n) is 9.69. The van der Waals surface area contributed by atoms with Crippen molar-refractivity contribution in [1.29, 1.82) is 0 Å². The van der Waals surface area contributed by atoms with Gasteiger partial charge in [-0.3, -0.25) is 4.79 Å². The zero-order valence-electron chi connectivity index (χ0n) is 22.9. The molecule has 0 radical (unpaired) electrons. The second kappa shape index (κ2) is 12.3. The average Bonchev–Trinajstić information content (AvgIpc) is 3.66. The van der Waals surface area contributed by atoms with E-state index >= 15 is 0 Å². The van der Waals surface area contributed by atoms with Gasteiger partial charge in [0.2, 0.25) is 5.91 Å². The third kappa shape index (κ3) is 6.10. The summed E-state index contributed by atoms with van der Waals surface area (Å²) in [5.41, 5.74) is 3.62. The molecule has 5 nitrogen and oxygen atoms in total. The SMILES string of the molecule is C1CCNC1.Cc1cc(N2CCCC2)ccc1N1CCCC2(CCN(CC3CCCCC3)CC2)C1=O. The Morgan fingerprint density at radius 3 is 2.19 bits per heavy atom. The average molecular weight is 495 g/mol. The maximum Gasteiger partial charge on any atom is 0.233 e. The van der Waals surface area contributed by atoms with Crippen LogP contribution >= 0.6 is 0 Å². The molecule has 0 unspecified atom stereocenters. The summed E-state index contributed by atoms with van der Waals surface area (Å²) in [6, 6.07) is 6.77. The van der Waals surface area contributed by atoms with Crippen LogP contribution in [0.5, 0.6) is 0 Å². The third-order valence-corrected chi connectivity index (χ3v) is 9.69. The standard InChI is InChI=1S/C27H41N3O.C4H9N/c1-22-20-24(29-15-5-6-16-29)10-11-25(22)30-17-7-12-27(26(30)31)13-18-28(19-14-27)21-23-8-3-2-4-9-23;1-2-4-5-3-1/h10-11,20,23H,2-9,12-19,21H2,1H3;5H,1-4H2. The van der Waals surface area contributed by atoms with Crippen LogP contribution < -0.4 is 15.1 Å². The first-order valence-corrected chi connectivity index (χ1v) is 15.3. The van der Waals surface area contributed by atoms with Crippen LogP contribution in [-0.2, 0) is 4.79 Å². The Morgan fingerprint density at radius 1 is 0.833 bits per heavy atom. The Bertz CT molecular complexity index is 839. The first-order chi connectivity index (χ1) is 17.6. The van der Waals surface area contributed by atoms with Gasteiger partial charge >= 0.3 is 0 Å². The van der Waals surface area contributed by atoms with E-state index in [0.29, 0.717) is 5.91 Å². The van der Waals surface area contributed by atoms with Crippen molar-refractivity contribution in [2.45, 2.75) is 90.4 Å². The van der Waals surface area contributed by atoms with Crippen molar-refractivity contribution in [1.82, 2.24) is 10.2 Å². The molecule has 4 aliphatic heterocycles. The summed E-state index contributed by atoms with van der Waals surface area (Å²) in [4.78, 5) is 21.1. The molecule has 5 fully saturated rings. The van der Waals surface area contributed by atoms with E-state index in [4.69, 9.17) is 0 Å². The largest absolute Gasteiger partial charge is 0.372 e. The molecule has 1 amide bonds. The number of piperidine rings is 2. The van der Waals surface area contributed by atoms with Gasteiger partial charge in [0.15, 0.2) is 0 Å². The molecule has 1 aromatic rings. The van der Waals surface area contributed by atoms with Crippen LogP contribution in [0, 0.1) is 18.3 Å². The Balaban J connectivity index is 0.000000477. The van der Waals surface area contributed by atoms with Crippen LogP contribution in [0.1, 0.15) is 89.0 Å². The lowest BCUT2D eigenvalue weighted by Gasteiger charge is -2.47. The van der Waals surface area contributed by atoms with E-state index in [0.717, 1.165) is 56.9 Å². The molecule has 4 saturated heterocycles. The van der Waals surface area contributed by atoms with Crippen molar-refractivity contribution in [3.8, 4) is 0 Å². The number of rotatable bonds is 4. The highest BCUT2D eigenvalue weighted by molar-refractivity contribution is 5.99. The number of aryl methyl sites for hydroxylation is 1. The van der Waals surface area contributed by atoms with Gasteiger partial charge in [-0.05, 0) is 127 Å². The van der Waals surface area contributed by atoms with Crippen molar-refractivity contribution in [3.05, 3.63) is 23.8 Å². The van der Waals surface area contributed by atoms with Gasteiger partial charge in [0.25, 0.3) is 0 Å². The van der Waals surface area contributed by atoms with E-state index in [1.807, 2.05) is 0 Å². The Hall–Kier alpha value is -1.59. The maximum atomic E-state index is 13.8. The minimum Gasteiger partial charge on any atom is -0.372 e. The molecule has 1 N–H and O–H groups in total. The fourth-order valence-electron chi connectivity index (χ4n) is 7.40. The van der Waals surface area contributed by atoms with Crippen LogP contribution in [0.25, 0.3) is 0 Å². The number of anilines is 2. The molecule has 0 aromatic heterocycles. The quantitative estimate of drug-likeness (QED) is 0.578. The van der Waals surface area contributed by atoms with Gasteiger partial charge in [-0.25, -0.2) is 0 Å². The summed E-state index contributed by atoms with van der Waals surface area (Å²) in [5.74, 6) is 1.31. The summed E-state index contributed by atoms with van der Waals surface area (Å²) < 4.78 is 0. The molecule has 4 heterocycles. The number of nitrogens with one attached hydrogen (secondary N) is 1. The monoisotopic (exact) mass is 494 g/mol. The van der Waals surface area contributed by atoms with Gasteiger partial charge < -0.3 is 20.0 Å². The van der Waals surface area contributed by atoms with Crippen LogP contribution in [-0.4, -0.2) is 63.2 Å². The second-order valence-corrected chi connectivity index (χ2v) is 12.3. The van der Waals surface area contributed by atoms with Gasteiger partial charge in [-0.1, -0.05) is 19.3 Å². The predicted molar refractivity (Wildman–Crippen MR) is 151 cm³/mol. The number of carbonyl (C=O) groups excluding carboxylic acids is 1. The number of nitrogens with zero attached hydrogens (tertiary/aromatic N) is 3. The van der Waals surface area contributed by atoms with Crippen molar-refractivity contribution in [3.63, 3.8) is 0 Å². The Kier molecular flexibility index (Phi) is 8.90. The van der Waals surface area contributed by atoms with Gasteiger partial charge in [-0.2, -0.15) is 0 Å². The molecule has 1 saturated carbocycles. The van der Waals surface area contributed by atoms with Crippen molar-refractivity contribution in [2.24, 2.45) is 11.3 Å². The smallest absolute Gasteiger partial charge is 0.233 e. The minimum atomic E-state index is -0.110. The molecule has 0 atom stereocenters. The number of benzene rings is 1. The van der Waals surface area contributed by atoms with E-state index in [1.54, 1.807) is 0 Å². The number of hydrogen-bond donors (Lipinski definition) is 1. The number of likely N-dealkylation sites (tertiary alicyclic amines) is 1. The molecule has 1 spiro atoms. The number of carbonyl (C=O) groups is 1. The highest BCUT2D eigenvalue weighted by atomic mass is 16.2. The summed E-state index contributed by atoms with van der Waals surface area (Å²) in [5, 5.41) is 3.22. The highest BCUT2D eigenvalue weighted by Crippen LogP contribution is 2.43. The first kappa shape index (κ1) is 26.0. The van der Waals surface area contributed by atoms with Gasteiger partial charge in [0, 0.05) is 37.6 Å². The van der Waals surface area contributed by atoms with Gasteiger partial charge in [-0.15, -0.1) is 0 Å². The van der Waals surface area contributed by atoms with Crippen molar-refractivity contribution >= 4 is 17.3 Å². The van der Waals surface area contributed by atoms with Crippen molar-refractivity contribution in [2.75, 3.05) is 62.2 Å². The van der Waals surface area contributed by atoms with Crippen LogP contribution in [0.3, 0.4) is 0 Å². The highest BCUT2D eigenvalue weighted by Gasteiger charge is 2.46. The van der Waals surface area contributed by atoms with Crippen LogP contribution in [0.4, 0.5) is 11.4 Å². The molecule has 200 valence electrons. The molecular weight excluding hydrogens is 444 g/mol. The predicted octanol–water partition coefficient (Wildman–Crippen LogP) is 5.75. The van der Waals surface area contributed by atoms with E-state index in [1.165, 1.54) is 102 Å². The Morgan fingerprint density at radius 2 is 1.56 bits per heavy atom. The number of amides is 1.